The fourth-order valence-corrected chi connectivity index (χ4v) is 1.94. The van der Waals surface area contributed by atoms with Gasteiger partial charge in [-0.1, -0.05) is 36.4 Å². The molecule has 2 rings (SSSR count). The van der Waals surface area contributed by atoms with Crippen molar-refractivity contribution in [3.8, 4) is 0 Å². The third-order valence-electron chi connectivity index (χ3n) is 3.23. The van der Waals surface area contributed by atoms with Crippen LogP contribution < -0.4 is 5.32 Å². The van der Waals surface area contributed by atoms with E-state index in [4.69, 9.17) is 0 Å². The van der Waals surface area contributed by atoms with E-state index in [2.05, 4.69) is 31.3 Å². The van der Waals surface area contributed by atoms with Crippen LogP contribution in [0.3, 0.4) is 0 Å². The highest BCUT2D eigenvalue weighted by Crippen LogP contribution is 2.14. The molecule has 2 aromatic rings. The second-order valence-corrected chi connectivity index (χ2v) is 4.58. The summed E-state index contributed by atoms with van der Waals surface area (Å²) in [5.41, 5.74) is 3.69. The molecule has 0 aliphatic rings. The predicted octanol–water partition coefficient (Wildman–Crippen LogP) is 3.98. The molecule has 0 spiro atoms. The molecule has 94 valence electrons. The first-order valence-electron chi connectivity index (χ1n) is 6.20. The first-order chi connectivity index (χ1) is 8.66. The van der Waals surface area contributed by atoms with Crippen molar-refractivity contribution in [3.05, 3.63) is 71.0 Å². The van der Waals surface area contributed by atoms with E-state index in [1.54, 1.807) is 0 Å². The number of aryl methyl sites for hydroxylation is 1. The van der Waals surface area contributed by atoms with Gasteiger partial charge in [0.1, 0.15) is 5.82 Å². The van der Waals surface area contributed by atoms with E-state index in [1.807, 2.05) is 24.3 Å². The molecule has 18 heavy (non-hydrogen) atoms. The molecule has 0 aliphatic heterocycles. The minimum absolute atomic E-state index is 0.190. The highest BCUT2D eigenvalue weighted by molar-refractivity contribution is 5.26. The summed E-state index contributed by atoms with van der Waals surface area (Å²) in [4.78, 5) is 0. The summed E-state index contributed by atoms with van der Waals surface area (Å²) in [7, 11) is 0. The van der Waals surface area contributed by atoms with Crippen molar-refractivity contribution < 1.29 is 4.39 Å². The Bertz CT molecular complexity index is 505. The maximum absolute atomic E-state index is 12.8. The summed E-state index contributed by atoms with van der Waals surface area (Å²) >= 11 is 0. The Morgan fingerprint density at radius 1 is 1.06 bits per heavy atom. The Morgan fingerprint density at radius 3 is 2.39 bits per heavy atom. The van der Waals surface area contributed by atoms with Gasteiger partial charge in [0, 0.05) is 12.6 Å². The monoisotopic (exact) mass is 243 g/mol. The lowest BCUT2D eigenvalue weighted by molar-refractivity contribution is 0.570. The number of benzene rings is 2. The van der Waals surface area contributed by atoms with Crippen LogP contribution in [0.2, 0.25) is 0 Å². The van der Waals surface area contributed by atoms with Gasteiger partial charge < -0.3 is 5.32 Å². The van der Waals surface area contributed by atoms with Gasteiger partial charge in [0.05, 0.1) is 0 Å². The van der Waals surface area contributed by atoms with E-state index >= 15 is 0 Å². The molecule has 0 heterocycles. The Morgan fingerprint density at radius 2 is 1.72 bits per heavy atom. The topological polar surface area (TPSA) is 12.0 Å². The zero-order chi connectivity index (χ0) is 13.0. The number of rotatable bonds is 4. The van der Waals surface area contributed by atoms with Gasteiger partial charge in [-0.05, 0) is 42.7 Å². The van der Waals surface area contributed by atoms with Crippen LogP contribution in [-0.4, -0.2) is 0 Å². The van der Waals surface area contributed by atoms with E-state index < -0.39 is 0 Å². The van der Waals surface area contributed by atoms with Crippen molar-refractivity contribution in [2.75, 3.05) is 0 Å². The number of hydrogen-bond acceptors (Lipinski definition) is 1. The van der Waals surface area contributed by atoms with E-state index in [-0.39, 0.29) is 11.9 Å². The molecule has 1 nitrogen and oxygen atoms in total. The second-order valence-electron chi connectivity index (χ2n) is 4.58. The first-order valence-corrected chi connectivity index (χ1v) is 6.20. The Labute approximate surface area is 108 Å². The van der Waals surface area contributed by atoms with Crippen LogP contribution in [0.5, 0.6) is 0 Å². The minimum atomic E-state index is -0.190. The zero-order valence-corrected chi connectivity index (χ0v) is 10.8. The summed E-state index contributed by atoms with van der Waals surface area (Å²) in [6.45, 7) is 5.02. The SMILES string of the molecule is Cc1ccccc1CNC(C)c1ccc(F)cc1. The van der Waals surface area contributed by atoms with Crippen molar-refractivity contribution >= 4 is 0 Å². The average molecular weight is 243 g/mol. The van der Waals surface area contributed by atoms with Crippen LogP contribution in [0.4, 0.5) is 4.39 Å². The van der Waals surface area contributed by atoms with Gasteiger partial charge in [0.2, 0.25) is 0 Å². The quantitative estimate of drug-likeness (QED) is 0.856. The number of nitrogens with one attached hydrogen (secondary N) is 1. The van der Waals surface area contributed by atoms with Gasteiger partial charge in [-0.25, -0.2) is 4.39 Å². The highest BCUT2D eigenvalue weighted by atomic mass is 19.1. The molecule has 1 atom stereocenters. The summed E-state index contributed by atoms with van der Waals surface area (Å²) in [6.07, 6.45) is 0. The van der Waals surface area contributed by atoms with Crippen molar-refractivity contribution in [1.29, 1.82) is 0 Å². The molecular formula is C16H18FN. The molecule has 1 unspecified atom stereocenters. The maximum atomic E-state index is 12.8. The molecule has 0 amide bonds. The molecule has 0 aromatic heterocycles. The lowest BCUT2D eigenvalue weighted by Gasteiger charge is -2.15. The molecule has 0 radical (unpaired) electrons. The Hall–Kier alpha value is -1.67. The third-order valence-corrected chi connectivity index (χ3v) is 3.23. The highest BCUT2D eigenvalue weighted by Gasteiger charge is 2.05. The summed E-state index contributed by atoms with van der Waals surface area (Å²) in [5, 5.41) is 3.45. The largest absolute Gasteiger partial charge is 0.306 e. The fraction of sp³-hybridized carbons (Fsp3) is 0.250. The van der Waals surface area contributed by atoms with Crippen LogP contribution in [0.25, 0.3) is 0 Å². The fourth-order valence-electron chi connectivity index (χ4n) is 1.94. The first kappa shape index (κ1) is 12.8. The molecule has 0 aliphatic carbocycles. The van der Waals surface area contributed by atoms with Crippen molar-refractivity contribution in [3.63, 3.8) is 0 Å². The normalized spacial score (nSPS) is 12.4. The molecule has 0 saturated carbocycles. The summed E-state index contributed by atoms with van der Waals surface area (Å²) in [5.74, 6) is -0.190. The summed E-state index contributed by atoms with van der Waals surface area (Å²) < 4.78 is 12.8. The lowest BCUT2D eigenvalue weighted by Crippen LogP contribution is -2.18. The van der Waals surface area contributed by atoms with Gasteiger partial charge in [-0.15, -0.1) is 0 Å². The maximum Gasteiger partial charge on any atom is 0.123 e. The van der Waals surface area contributed by atoms with Crippen LogP contribution in [0, 0.1) is 12.7 Å². The minimum Gasteiger partial charge on any atom is -0.306 e. The van der Waals surface area contributed by atoms with E-state index in [0.717, 1.165) is 12.1 Å². The van der Waals surface area contributed by atoms with Gasteiger partial charge >= 0.3 is 0 Å². The van der Waals surface area contributed by atoms with Gasteiger partial charge in [0.25, 0.3) is 0 Å². The van der Waals surface area contributed by atoms with Crippen molar-refractivity contribution in [2.45, 2.75) is 26.4 Å². The Balaban J connectivity index is 1.98. The number of hydrogen-bond donors (Lipinski definition) is 1. The molecule has 2 aromatic carbocycles. The van der Waals surface area contributed by atoms with E-state index in [9.17, 15) is 4.39 Å². The van der Waals surface area contributed by atoms with Crippen LogP contribution >= 0.6 is 0 Å². The van der Waals surface area contributed by atoms with Gasteiger partial charge in [0.15, 0.2) is 0 Å². The van der Waals surface area contributed by atoms with Crippen molar-refractivity contribution in [1.82, 2.24) is 5.32 Å². The Kier molecular flexibility index (Phi) is 4.11. The lowest BCUT2D eigenvalue weighted by atomic mass is 10.1. The molecule has 1 N–H and O–H groups in total. The molecule has 2 heteroatoms. The predicted molar refractivity (Wildman–Crippen MR) is 72.8 cm³/mol. The molecular weight excluding hydrogens is 225 g/mol. The number of halogens is 1. The van der Waals surface area contributed by atoms with Crippen LogP contribution in [0.1, 0.15) is 29.7 Å². The standard InChI is InChI=1S/C16H18FN/c1-12-5-3-4-6-15(12)11-18-13(2)14-7-9-16(17)10-8-14/h3-10,13,18H,11H2,1-2H3. The second kappa shape index (κ2) is 5.78. The summed E-state index contributed by atoms with van der Waals surface area (Å²) in [6, 6.07) is 15.2. The molecule has 0 saturated heterocycles. The molecule has 0 bridgehead atoms. The van der Waals surface area contributed by atoms with Gasteiger partial charge in [-0.2, -0.15) is 0 Å². The molecule has 0 fully saturated rings. The van der Waals surface area contributed by atoms with Crippen LogP contribution in [0.15, 0.2) is 48.5 Å². The third kappa shape index (κ3) is 3.17. The average Bonchev–Trinajstić information content (AvgIpc) is 2.38. The van der Waals surface area contributed by atoms with Crippen LogP contribution in [-0.2, 0) is 6.54 Å². The zero-order valence-electron chi connectivity index (χ0n) is 10.8. The van der Waals surface area contributed by atoms with Gasteiger partial charge in [-0.3, -0.25) is 0 Å². The smallest absolute Gasteiger partial charge is 0.123 e. The van der Waals surface area contributed by atoms with Crippen molar-refractivity contribution in [2.24, 2.45) is 0 Å². The van der Waals surface area contributed by atoms with E-state index in [1.165, 1.54) is 23.3 Å². The van der Waals surface area contributed by atoms with E-state index in [0.29, 0.717) is 0 Å².